The predicted octanol–water partition coefficient (Wildman–Crippen LogP) is 6.48. The van der Waals surface area contributed by atoms with Gasteiger partial charge in [-0.05, 0) is 48.4 Å². The Morgan fingerprint density at radius 3 is 2.29 bits per heavy atom. The SMILES string of the molecule is O=C(CCCN1C(=O)/C(=C\c2ccc(F)cc2)SC1=S)Nc1cc(C(F)(F)F)ccc1C(F)(F)F. The largest absolute Gasteiger partial charge is 0.418 e. The van der Waals surface area contributed by atoms with Gasteiger partial charge in [0, 0.05) is 13.0 Å². The van der Waals surface area contributed by atoms with Gasteiger partial charge < -0.3 is 5.32 Å². The number of halogens is 7. The van der Waals surface area contributed by atoms with Crippen LogP contribution in [0.2, 0.25) is 0 Å². The fourth-order valence-corrected chi connectivity index (χ4v) is 4.39. The zero-order valence-corrected chi connectivity index (χ0v) is 19.1. The zero-order valence-electron chi connectivity index (χ0n) is 17.5. The lowest BCUT2D eigenvalue weighted by Gasteiger charge is -2.17. The molecule has 4 nitrogen and oxygen atoms in total. The molecular weight excluding hydrogens is 521 g/mol. The monoisotopic (exact) mass is 536 g/mol. The van der Waals surface area contributed by atoms with Crippen LogP contribution in [-0.4, -0.2) is 27.6 Å². The molecule has 13 heteroatoms. The van der Waals surface area contributed by atoms with E-state index in [4.69, 9.17) is 12.2 Å². The number of thiocarbonyl (C=S) groups is 1. The van der Waals surface area contributed by atoms with E-state index >= 15 is 0 Å². The smallest absolute Gasteiger partial charge is 0.325 e. The molecule has 1 fully saturated rings. The zero-order chi connectivity index (χ0) is 26.0. The van der Waals surface area contributed by atoms with Gasteiger partial charge in [-0.15, -0.1) is 0 Å². The molecule has 0 atom stereocenters. The summed E-state index contributed by atoms with van der Waals surface area (Å²) in [6.07, 6.45) is -8.75. The fraction of sp³-hybridized carbons (Fsp3) is 0.227. The summed E-state index contributed by atoms with van der Waals surface area (Å²) in [6.45, 7) is -0.0342. The van der Waals surface area contributed by atoms with Crippen LogP contribution in [0.3, 0.4) is 0 Å². The van der Waals surface area contributed by atoms with Crippen LogP contribution >= 0.6 is 24.0 Å². The number of alkyl halides is 6. The highest BCUT2D eigenvalue weighted by Gasteiger charge is 2.37. The van der Waals surface area contributed by atoms with Crippen molar-refractivity contribution in [3.63, 3.8) is 0 Å². The Kier molecular flexibility index (Phi) is 7.90. The molecule has 0 spiro atoms. The van der Waals surface area contributed by atoms with Crippen molar-refractivity contribution in [2.75, 3.05) is 11.9 Å². The summed E-state index contributed by atoms with van der Waals surface area (Å²) in [7, 11) is 0. The van der Waals surface area contributed by atoms with Crippen molar-refractivity contribution in [3.05, 3.63) is 69.9 Å². The lowest BCUT2D eigenvalue weighted by molar-refractivity contribution is -0.141. The highest BCUT2D eigenvalue weighted by Crippen LogP contribution is 2.39. The molecule has 186 valence electrons. The number of carbonyl (C=O) groups excluding carboxylic acids is 2. The molecule has 35 heavy (non-hydrogen) atoms. The molecule has 0 bridgehead atoms. The number of nitrogens with zero attached hydrogens (tertiary/aromatic N) is 1. The fourth-order valence-electron chi connectivity index (χ4n) is 3.08. The summed E-state index contributed by atoms with van der Waals surface area (Å²) in [5, 5.41) is 1.88. The van der Waals surface area contributed by atoms with Gasteiger partial charge in [0.25, 0.3) is 5.91 Å². The number of hydrogen-bond donors (Lipinski definition) is 1. The van der Waals surface area contributed by atoms with Gasteiger partial charge in [0.1, 0.15) is 10.1 Å². The number of carbonyl (C=O) groups is 2. The average Bonchev–Trinajstić information content (AvgIpc) is 3.01. The second-order valence-electron chi connectivity index (χ2n) is 7.29. The molecule has 2 aromatic rings. The molecular formula is C22H15F7N2O2S2. The standard InChI is InChI=1S/C22H15F7N2O2S2/c23-14-6-3-12(4-7-14)10-17-19(33)31(20(34)35-17)9-1-2-18(32)30-16-11-13(21(24,25)26)5-8-15(16)22(27,28)29/h3-8,10-11H,1-2,9H2,(H,30,32)/b17-10+. The summed E-state index contributed by atoms with van der Waals surface area (Å²) in [6, 6.07) is 6.14. The third kappa shape index (κ3) is 6.82. The number of anilines is 1. The quantitative estimate of drug-likeness (QED) is 0.261. The van der Waals surface area contributed by atoms with E-state index in [1.165, 1.54) is 35.2 Å². The molecule has 1 aliphatic heterocycles. The predicted molar refractivity (Wildman–Crippen MR) is 121 cm³/mol. The highest BCUT2D eigenvalue weighted by atomic mass is 32.2. The molecule has 1 heterocycles. The van der Waals surface area contributed by atoms with Crippen LogP contribution in [0.25, 0.3) is 6.08 Å². The van der Waals surface area contributed by atoms with Crippen LogP contribution in [0, 0.1) is 5.82 Å². The second-order valence-corrected chi connectivity index (χ2v) is 8.97. The summed E-state index contributed by atoms with van der Waals surface area (Å²) in [4.78, 5) is 26.2. The third-order valence-corrected chi connectivity index (χ3v) is 6.13. The number of amides is 2. The molecule has 0 saturated carbocycles. The molecule has 2 amide bonds. The second kappa shape index (κ2) is 10.4. The maximum Gasteiger partial charge on any atom is 0.418 e. The Morgan fingerprint density at radius 2 is 1.69 bits per heavy atom. The van der Waals surface area contributed by atoms with E-state index in [1.54, 1.807) is 0 Å². The average molecular weight is 536 g/mol. The maximum atomic E-state index is 13.2. The molecule has 3 rings (SSSR count). The van der Waals surface area contributed by atoms with Gasteiger partial charge in [0.05, 0.1) is 21.7 Å². The van der Waals surface area contributed by atoms with Crippen LogP contribution < -0.4 is 5.32 Å². The molecule has 0 radical (unpaired) electrons. The Labute approximate surface area is 204 Å². The first-order valence-electron chi connectivity index (χ1n) is 9.85. The van der Waals surface area contributed by atoms with E-state index in [-0.39, 0.29) is 46.8 Å². The topological polar surface area (TPSA) is 49.4 Å². The van der Waals surface area contributed by atoms with Crippen LogP contribution in [0.4, 0.5) is 36.4 Å². The minimum Gasteiger partial charge on any atom is -0.325 e. The molecule has 0 unspecified atom stereocenters. The molecule has 0 aromatic heterocycles. The van der Waals surface area contributed by atoms with Crippen LogP contribution in [-0.2, 0) is 21.9 Å². The van der Waals surface area contributed by atoms with Gasteiger partial charge in [0.15, 0.2) is 0 Å². The number of thioether (sulfide) groups is 1. The van der Waals surface area contributed by atoms with Gasteiger partial charge in [0.2, 0.25) is 5.91 Å². The number of hydrogen-bond acceptors (Lipinski definition) is 4. The number of rotatable bonds is 6. The van der Waals surface area contributed by atoms with Crippen molar-refractivity contribution in [1.29, 1.82) is 0 Å². The summed E-state index contributed by atoms with van der Waals surface area (Å²) in [5.74, 6) is -1.86. The number of nitrogens with one attached hydrogen (secondary N) is 1. The summed E-state index contributed by atoms with van der Waals surface area (Å²) in [5.41, 5.74) is -3.20. The highest BCUT2D eigenvalue weighted by molar-refractivity contribution is 8.26. The van der Waals surface area contributed by atoms with Gasteiger partial charge in [-0.2, -0.15) is 26.3 Å². The van der Waals surface area contributed by atoms with Crippen LogP contribution in [0.15, 0.2) is 47.4 Å². The minimum absolute atomic E-state index is 0.0115. The van der Waals surface area contributed by atoms with Crippen molar-refractivity contribution in [1.82, 2.24) is 4.90 Å². The van der Waals surface area contributed by atoms with Crippen LogP contribution in [0.5, 0.6) is 0 Å². The lowest BCUT2D eigenvalue weighted by atomic mass is 10.1. The molecule has 1 N–H and O–H groups in total. The Balaban J connectivity index is 1.63. The van der Waals surface area contributed by atoms with Crippen molar-refractivity contribution in [2.24, 2.45) is 0 Å². The van der Waals surface area contributed by atoms with E-state index in [0.29, 0.717) is 5.56 Å². The number of benzene rings is 2. The Bertz CT molecular complexity index is 1180. The molecule has 1 aliphatic rings. The van der Waals surface area contributed by atoms with Crippen molar-refractivity contribution in [3.8, 4) is 0 Å². The van der Waals surface area contributed by atoms with Crippen molar-refractivity contribution < 1.29 is 40.3 Å². The molecule has 0 aliphatic carbocycles. The summed E-state index contributed by atoms with van der Waals surface area (Å²) < 4.78 is 91.4. The first-order valence-corrected chi connectivity index (χ1v) is 11.1. The van der Waals surface area contributed by atoms with Crippen LogP contribution in [0.1, 0.15) is 29.5 Å². The first kappa shape index (κ1) is 26.7. The lowest BCUT2D eigenvalue weighted by Crippen LogP contribution is -2.29. The Morgan fingerprint density at radius 1 is 1.03 bits per heavy atom. The summed E-state index contributed by atoms with van der Waals surface area (Å²) >= 11 is 6.15. The molecule has 1 saturated heterocycles. The normalized spacial score (nSPS) is 15.7. The van der Waals surface area contributed by atoms with Gasteiger partial charge in [-0.25, -0.2) is 4.39 Å². The van der Waals surface area contributed by atoms with Gasteiger partial charge in [-0.3, -0.25) is 14.5 Å². The van der Waals surface area contributed by atoms with E-state index in [9.17, 15) is 40.3 Å². The first-order chi connectivity index (χ1) is 16.3. The van der Waals surface area contributed by atoms with Crippen molar-refractivity contribution >= 4 is 51.9 Å². The maximum absolute atomic E-state index is 13.2. The minimum atomic E-state index is -4.98. The Hall–Kier alpha value is -2.93. The van der Waals surface area contributed by atoms with E-state index in [0.717, 1.165) is 11.8 Å². The van der Waals surface area contributed by atoms with Crippen molar-refractivity contribution in [2.45, 2.75) is 25.2 Å². The van der Waals surface area contributed by atoms with E-state index in [2.05, 4.69) is 0 Å². The molecule has 2 aromatic carbocycles. The van der Waals surface area contributed by atoms with E-state index in [1.807, 2.05) is 5.32 Å². The van der Waals surface area contributed by atoms with Gasteiger partial charge >= 0.3 is 12.4 Å². The van der Waals surface area contributed by atoms with Gasteiger partial charge in [-0.1, -0.05) is 36.1 Å². The van der Waals surface area contributed by atoms with E-state index < -0.39 is 46.8 Å². The third-order valence-electron chi connectivity index (χ3n) is 4.75.